The van der Waals surface area contributed by atoms with Crippen LogP contribution in [0.25, 0.3) is 10.4 Å². The topological polar surface area (TPSA) is 65.8 Å². The molecule has 1 atom stereocenters. The monoisotopic (exact) mass is 321 g/mol. The number of hydrogen-bond acceptors (Lipinski definition) is 3. The molecular formula is C15H13F2N3OS. The molecule has 7 heteroatoms. The van der Waals surface area contributed by atoms with Gasteiger partial charge in [0.2, 0.25) is 0 Å². The van der Waals surface area contributed by atoms with Gasteiger partial charge in [0.25, 0.3) is 0 Å². The molecule has 0 aliphatic rings. The molecule has 2 rings (SSSR count). The van der Waals surface area contributed by atoms with Gasteiger partial charge in [-0.2, -0.15) is 0 Å². The molecule has 4 nitrogen and oxygen atoms in total. The Morgan fingerprint density at radius 1 is 1.41 bits per heavy atom. The van der Waals surface area contributed by atoms with E-state index >= 15 is 0 Å². The highest BCUT2D eigenvalue weighted by molar-refractivity contribution is 7.10. The average Bonchev–Trinajstić information content (AvgIpc) is 2.89. The second kappa shape index (κ2) is 7.15. The predicted octanol–water partition coefficient (Wildman–Crippen LogP) is 5.35. The van der Waals surface area contributed by atoms with Crippen LogP contribution < -0.4 is 0 Å². The number of azide groups is 1. The zero-order valence-corrected chi connectivity index (χ0v) is 12.6. The zero-order chi connectivity index (χ0) is 16.1. The normalized spacial score (nSPS) is 11.8. The molecule has 0 amide bonds. The molecule has 0 fully saturated rings. The predicted molar refractivity (Wildman–Crippen MR) is 80.9 cm³/mol. The summed E-state index contributed by atoms with van der Waals surface area (Å²) in [6, 6.07) is 4.66. The number of aryl methyl sites for hydroxylation is 1. The molecule has 1 heterocycles. The number of hydrogen-bond donors (Lipinski definition) is 0. The van der Waals surface area contributed by atoms with E-state index in [4.69, 9.17) is 5.53 Å². The van der Waals surface area contributed by atoms with Crippen molar-refractivity contribution in [3.05, 3.63) is 67.7 Å². The Balaban J connectivity index is 2.13. The summed E-state index contributed by atoms with van der Waals surface area (Å²) in [5.74, 6) is -2.39. The first-order valence-corrected chi connectivity index (χ1v) is 7.47. The van der Waals surface area contributed by atoms with Crippen LogP contribution in [0.5, 0.6) is 0 Å². The van der Waals surface area contributed by atoms with E-state index in [-0.39, 0.29) is 12.8 Å². The average molecular weight is 321 g/mol. The number of Topliss-reactive ketones (excluding diaryl/α,β-unsaturated/α-hetero) is 1. The van der Waals surface area contributed by atoms with Crippen LogP contribution in [0.15, 0.2) is 34.8 Å². The van der Waals surface area contributed by atoms with Gasteiger partial charge in [-0.25, -0.2) is 8.78 Å². The number of carbonyl (C=O) groups is 1. The molecule has 0 aliphatic heterocycles. The van der Waals surface area contributed by atoms with Gasteiger partial charge in [-0.3, -0.25) is 4.79 Å². The number of carbonyl (C=O) groups excluding carboxylic acids is 1. The van der Waals surface area contributed by atoms with E-state index in [0.29, 0.717) is 0 Å². The molecule has 0 bridgehead atoms. The number of rotatable bonds is 6. The maximum atomic E-state index is 13.6. The van der Waals surface area contributed by atoms with E-state index in [1.54, 1.807) is 0 Å². The first-order valence-electron chi connectivity index (χ1n) is 6.59. The van der Waals surface area contributed by atoms with E-state index < -0.39 is 29.0 Å². The Labute approximate surface area is 130 Å². The van der Waals surface area contributed by atoms with Gasteiger partial charge in [0.15, 0.2) is 5.78 Å². The second-order valence-corrected chi connectivity index (χ2v) is 5.75. The SMILES string of the molecule is Cc1csc(C(CCC(=O)c2c(F)cccc2F)N=[N+]=[N-])c1. The Morgan fingerprint density at radius 3 is 2.64 bits per heavy atom. The van der Waals surface area contributed by atoms with Crippen LogP contribution in [0.2, 0.25) is 0 Å². The minimum Gasteiger partial charge on any atom is -0.294 e. The Morgan fingerprint density at radius 2 is 2.09 bits per heavy atom. The maximum Gasteiger partial charge on any atom is 0.168 e. The van der Waals surface area contributed by atoms with Crippen LogP contribution in [-0.4, -0.2) is 5.78 Å². The number of ketones is 1. The van der Waals surface area contributed by atoms with Crippen molar-refractivity contribution < 1.29 is 13.6 Å². The third kappa shape index (κ3) is 3.69. The number of nitrogens with zero attached hydrogens (tertiary/aromatic N) is 3. The molecule has 0 radical (unpaired) electrons. The summed E-state index contributed by atoms with van der Waals surface area (Å²) in [6.07, 6.45) is 0.106. The maximum absolute atomic E-state index is 13.6. The second-order valence-electron chi connectivity index (χ2n) is 4.81. The van der Waals surface area contributed by atoms with Crippen molar-refractivity contribution in [1.29, 1.82) is 0 Å². The third-order valence-corrected chi connectivity index (χ3v) is 4.31. The fourth-order valence-electron chi connectivity index (χ4n) is 2.10. The van der Waals surface area contributed by atoms with Crippen LogP contribution in [0.3, 0.4) is 0 Å². The van der Waals surface area contributed by atoms with E-state index in [0.717, 1.165) is 22.6 Å². The van der Waals surface area contributed by atoms with Gasteiger partial charge in [-0.1, -0.05) is 11.2 Å². The van der Waals surface area contributed by atoms with Crippen LogP contribution in [0.4, 0.5) is 8.78 Å². The van der Waals surface area contributed by atoms with Crippen molar-refractivity contribution in [3.8, 4) is 0 Å². The molecule has 1 unspecified atom stereocenters. The summed E-state index contributed by atoms with van der Waals surface area (Å²) in [6.45, 7) is 1.91. The molecule has 0 saturated heterocycles. The summed E-state index contributed by atoms with van der Waals surface area (Å²) in [4.78, 5) is 15.6. The number of thiophene rings is 1. The van der Waals surface area contributed by atoms with E-state index in [1.165, 1.54) is 17.4 Å². The minimum atomic E-state index is -0.877. The van der Waals surface area contributed by atoms with Gasteiger partial charge in [-0.15, -0.1) is 11.3 Å². The minimum absolute atomic E-state index is 0.0987. The summed E-state index contributed by atoms with van der Waals surface area (Å²) in [5.41, 5.74) is 9.13. The third-order valence-electron chi connectivity index (χ3n) is 3.16. The Kier molecular flexibility index (Phi) is 5.25. The molecule has 2 aromatic rings. The van der Waals surface area contributed by atoms with Crippen molar-refractivity contribution >= 4 is 17.1 Å². The lowest BCUT2D eigenvalue weighted by molar-refractivity contribution is 0.0969. The molecular weight excluding hydrogens is 308 g/mol. The first kappa shape index (κ1) is 16.1. The molecule has 0 N–H and O–H groups in total. The van der Waals surface area contributed by atoms with Crippen LogP contribution in [0.1, 0.15) is 39.7 Å². The first-order chi connectivity index (χ1) is 10.5. The fourth-order valence-corrected chi connectivity index (χ4v) is 3.07. The van der Waals surface area contributed by atoms with Crippen LogP contribution in [0, 0.1) is 18.6 Å². The lowest BCUT2D eigenvalue weighted by Gasteiger charge is -2.09. The van der Waals surface area contributed by atoms with Gasteiger partial charge in [0, 0.05) is 16.2 Å². The van der Waals surface area contributed by atoms with E-state index in [1.807, 2.05) is 18.4 Å². The summed E-state index contributed by atoms with van der Waals surface area (Å²) < 4.78 is 27.1. The van der Waals surface area contributed by atoms with E-state index in [2.05, 4.69) is 10.0 Å². The highest BCUT2D eigenvalue weighted by Crippen LogP contribution is 2.29. The summed E-state index contributed by atoms with van der Waals surface area (Å²) in [7, 11) is 0. The van der Waals surface area contributed by atoms with Gasteiger partial charge < -0.3 is 0 Å². The molecule has 114 valence electrons. The van der Waals surface area contributed by atoms with Gasteiger partial charge in [-0.05, 0) is 48.0 Å². The molecule has 22 heavy (non-hydrogen) atoms. The van der Waals surface area contributed by atoms with Crippen LogP contribution in [-0.2, 0) is 0 Å². The van der Waals surface area contributed by atoms with Gasteiger partial charge in [0.05, 0.1) is 11.6 Å². The van der Waals surface area contributed by atoms with Crippen molar-refractivity contribution in [2.45, 2.75) is 25.8 Å². The fraction of sp³-hybridized carbons (Fsp3) is 0.267. The lowest BCUT2D eigenvalue weighted by atomic mass is 10.0. The van der Waals surface area contributed by atoms with Gasteiger partial charge >= 0.3 is 0 Å². The highest BCUT2D eigenvalue weighted by Gasteiger charge is 2.19. The van der Waals surface area contributed by atoms with E-state index in [9.17, 15) is 13.6 Å². The number of halogens is 2. The molecule has 0 aliphatic carbocycles. The van der Waals surface area contributed by atoms with Crippen molar-refractivity contribution in [3.63, 3.8) is 0 Å². The van der Waals surface area contributed by atoms with Crippen molar-refractivity contribution in [2.75, 3.05) is 0 Å². The van der Waals surface area contributed by atoms with Crippen molar-refractivity contribution in [1.82, 2.24) is 0 Å². The molecule has 1 aromatic carbocycles. The molecule has 1 aromatic heterocycles. The Bertz CT molecular complexity index is 718. The summed E-state index contributed by atoms with van der Waals surface area (Å²) >= 11 is 1.43. The molecule has 0 saturated carbocycles. The standard InChI is InChI=1S/C15H13F2N3OS/c1-9-7-14(22-8-9)12(19-20-18)5-6-13(21)15-10(16)3-2-4-11(15)17/h2-4,7-8,12H,5-6H2,1H3. The number of benzene rings is 1. The van der Waals surface area contributed by atoms with Gasteiger partial charge in [0.1, 0.15) is 11.6 Å². The Hall–Kier alpha value is -2.24. The largest absolute Gasteiger partial charge is 0.294 e. The smallest absolute Gasteiger partial charge is 0.168 e. The summed E-state index contributed by atoms with van der Waals surface area (Å²) in [5, 5.41) is 5.58. The quantitative estimate of drug-likeness (QED) is 0.306. The van der Waals surface area contributed by atoms with Crippen molar-refractivity contribution in [2.24, 2.45) is 5.11 Å². The molecule has 0 spiro atoms. The zero-order valence-electron chi connectivity index (χ0n) is 11.8. The highest BCUT2D eigenvalue weighted by atomic mass is 32.1. The lowest BCUT2D eigenvalue weighted by Crippen LogP contribution is -2.07. The van der Waals surface area contributed by atoms with Crippen LogP contribution >= 0.6 is 11.3 Å².